The van der Waals surface area contributed by atoms with Crippen molar-refractivity contribution in [2.24, 2.45) is 0 Å². The molecule has 0 atom stereocenters. The van der Waals surface area contributed by atoms with E-state index >= 15 is 0 Å². The monoisotopic (exact) mass is 470 g/mol. The van der Waals surface area contributed by atoms with Crippen molar-refractivity contribution in [2.45, 2.75) is 13.8 Å². The van der Waals surface area contributed by atoms with Gasteiger partial charge in [-0.25, -0.2) is 0 Å². The molecule has 52 valence electrons. The van der Waals surface area contributed by atoms with Gasteiger partial charge < -0.3 is 0 Å². The van der Waals surface area contributed by atoms with E-state index in [9.17, 15) is 0 Å². The molecule has 0 fully saturated rings. The van der Waals surface area contributed by atoms with Crippen LogP contribution < -0.4 is 0 Å². The predicted molar refractivity (Wildman–Crippen MR) is 70.1 cm³/mol. The first kappa shape index (κ1) is 10.6. The Balaban J connectivity index is 3.99. The summed E-state index contributed by atoms with van der Waals surface area (Å²) in [4.78, 5) is 0. The van der Waals surface area contributed by atoms with Gasteiger partial charge in [0.1, 0.15) is 0 Å². The number of halogens is 3. The summed E-state index contributed by atoms with van der Waals surface area (Å²) in [5.41, 5.74) is 0. The molecule has 0 aliphatic rings. The third-order valence-corrected chi connectivity index (χ3v) is 15.8. The summed E-state index contributed by atoms with van der Waals surface area (Å²) in [6, 6.07) is 0. The Morgan fingerprint density at radius 3 is 1.25 bits per heavy atom. The standard InChI is InChI=1S/C4H10I3P/c1-3-8(5,6,7)4-2/h3-4H2,1-2H3. The molecule has 8 heavy (non-hydrogen) atoms. The minimum atomic E-state index is -1.19. The fraction of sp³-hybridized carbons (Fsp3) is 1.00. The zero-order valence-electron chi connectivity index (χ0n) is 5.00. The van der Waals surface area contributed by atoms with Crippen molar-refractivity contribution in [2.75, 3.05) is 12.3 Å². The molecule has 0 heterocycles. The normalized spacial score (nSPS) is 17.4. The second kappa shape index (κ2) is 3.34. The van der Waals surface area contributed by atoms with Gasteiger partial charge in [-0.15, -0.1) is 0 Å². The molecule has 0 unspecified atom stereocenters. The zero-order valence-corrected chi connectivity index (χ0v) is 12.4. The number of hydrogen-bond acceptors (Lipinski definition) is 0. The molecular formula is C4H10I3P. The third kappa shape index (κ3) is 4.44. The van der Waals surface area contributed by atoms with Crippen LogP contribution in [0.25, 0.3) is 0 Å². The second-order valence-corrected chi connectivity index (χ2v) is 42.9. The molecule has 0 saturated carbocycles. The molecule has 0 aliphatic heterocycles. The Labute approximate surface area is 90.3 Å². The van der Waals surface area contributed by atoms with E-state index in [-0.39, 0.29) is 0 Å². The first-order chi connectivity index (χ1) is 3.39. The molecule has 4 heteroatoms. The molecule has 0 spiro atoms. The zero-order chi connectivity index (χ0) is 6.86. The van der Waals surface area contributed by atoms with Crippen molar-refractivity contribution in [3.05, 3.63) is 0 Å². The van der Waals surface area contributed by atoms with E-state index in [0.717, 1.165) is 0 Å². The van der Waals surface area contributed by atoms with E-state index in [1.54, 1.807) is 0 Å². The van der Waals surface area contributed by atoms with Crippen molar-refractivity contribution in [3.63, 3.8) is 0 Å². The van der Waals surface area contributed by atoms with Gasteiger partial charge in [-0.2, -0.15) is 0 Å². The fourth-order valence-corrected chi connectivity index (χ4v) is 0.671. The topological polar surface area (TPSA) is 0 Å². The summed E-state index contributed by atoms with van der Waals surface area (Å²) in [6.07, 6.45) is 2.70. The van der Waals surface area contributed by atoms with Gasteiger partial charge in [0.25, 0.3) is 0 Å². The van der Waals surface area contributed by atoms with Crippen LogP contribution >= 0.6 is 65.7 Å². The van der Waals surface area contributed by atoms with Gasteiger partial charge >= 0.3 is 91.8 Å². The van der Waals surface area contributed by atoms with Crippen LogP contribution in [0.5, 0.6) is 0 Å². The Hall–Kier alpha value is 2.62. The first-order valence-corrected chi connectivity index (χ1v) is 13.5. The van der Waals surface area contributed by atoms with E-state index in [1.807, 2.05) is 0 Å². The van der Waals surface area contributed by atoms with Crippen LogP contribution in [0.3, 0.4) is 0 Å². The Morgan fingerprint density at radius 1 is 1.00 bits per heavy atom. The van der Waals surface area contributed by atoms with E-state index in [0.29, 0.717) is 0 Å². The van der Waals surface area contributed by atoms with Crippen molar-refractivity contribution in [1.82, 2.24) is 0 Å². The molecule has 0 aromatic heterocycles. The molecular weight excluding hydrogens is 460 g/mol. The third-order valence-electron chi connectivity index (χ3n) is 1.16. The molecule has 0 radical (unpaired) electrons. The summed E-state index contributed by atoms with van der Waals surface area (Å²) in [6.45, 7) is 4.57. The Kier molecular flexibility index (Phi) is 4.44. The van der Waals surface area contributed by atoms with E-state index in [1.165, 1.54) is 12.3 Å². The summed E-state index contributed by atoms with van der Waals surface area (Å²) in [5.74, 6) is 0. The molecule has 0 nitrogen and oxygen atoms in total. The SMILES string of the molecule is CCP(I)(I)(I)CC. The van der Waals surface area contributed by atoms with E-state index in [2.05, 4.69) is 80.0 Å². The molecule has 0 amide bonds. The quantitative estimate of drug-likeness (QED) is 0.409. The van der Waals surface area contributed by atoms with Crippen LogP contribution in [0.4, 0.5) is 0 Å². The van der Waals surface area contributed by atoms with Crippen LogP contribution in [-0.4, -0.2) is 12.3 Å². The molecule has 0 N–H and O–H groups in total. The second-order valence-electron chi connectivity index (χ2n) is 1.76. The van der Waals surface area contributed by atoms with Crippen LogP contribution in [0.15, 0.2) is 0 Å². The van der Waals surface area contributed by atoms with Crippen LogP contribution in [-0.2, 0) is 0 Å². The fourth-order valence-electron chi connectivity index (χ4n) is 0.224. The molecule has 0 rings (SSSR count). The first-order valence-electron chi connectivity index (χ1n) is 2.55. The maximum atomic E-state index is 2.64. The molecule has 0 aromatic rings. The Bertz CT molecular complexity index is 75.0. The molecule has 0 bridgehead atoms. The van der Waals surface area contributed by atoms with Crippen LogP contribution in [0.2, 0.25) is 0 Å². The molecule has 0 aliphatic carbocycles. The van der Waals surface area contributed by atoms with Gasteiger partial charge in [0.15, 0.2) is 0 Å². The Morgan fingerprint density at radius 2 is 1.25 bits per heavy atom. The predicted octanol–water partition coefficient (Wildman–Crippen LogP) is 4.63. The average Bonchev–Trinajstić information content (AvgIpc) is 1.68. The summed E-state index contributed by atoms with van der Waals surface area (Å²) >= 11 is 7.92. The molecule has 0 aromatic carbocycles. The average molecular weight is 470 g/mol. The van der Waals surface area contributed by atoms with Gasteiger partial charge in [0.2, 0.25) is 0 Å². The molecule has 0 saturated heterocycles. The minimum absolute atomic E-state index is 1.19. The number of hydrogen-bond donors (Lipinski definition) is 0. The van der Waals surface area contributed by atoms with Crippen molar-refractivity contribution < 1.29 is 0 Å². The summed E-state index contributed by atoms with van der Waals surface area (Å²) in [5, 5.41) is 0. The van der Waals surface area contributed by atoms with Crippen molar-refractivity contribution in [3.8, 4) is 0 Å². The van der Waals surface area contributed by atoms with Crippen molar-refractivity contribution in [1.29, 1.82) is 0 Å². The summed E-state index contributed by atoms with van der Waals surface area (Å²) < 4.78 is -1.19. The maximum absolute atomic E-state index is 2.64. The number of rotatable bonds is 2. The van der Waals surface area contributed by atoms with E-state index in [4.69, 9.17) is 0 Å². The van der Waals surface area contributed by atoms with Gasteiger partial charge in [0, 0.05) is 0 Å². The van der Waals surface area contributed by atoms with Crippen molar-refractivity contribution >= 4 is 65.7 Å². The van der Waals surface area contributed by atoms with Crippen LogP contribution in [0.1, 0.15) is 13.8 Å². The van der Waals surface area contributed by atoms with Gasteiger partial charge in [0.05, 0.1) is 0 Å². The van der Waals surface area contributed by atoms with Crippen LogP contribution in [0, 0.1) is 0 Å². The summed E-state index contributed by atoms with van der Waals surface area (Å²) in [7, 11) is 0. The van der Waals surface area contributed by atoms with Gasteiger partial charge in [-0.1, -0.05) is 0 Å². The van der Waals surface area contributed by atoms with Gasteiger partial charge in [-0.3, -0.25) is 0 Å². The van der Waals surface area contributed by atoms with E-state index < -0.39 is -0.469 Å². The van der Waals surface area contributed by atoms with Gasteiger partial charge in [-0.05, 0) is 0 Å².